The van der Waals surface area contributed by atoms with Gasteiger partial charge in [0.2, 0.25) is 0 Å². The summed E-state index contributed by atoms with van der Waals surface area (Å²) in [5.74, 6) is 0.367. The smallest absolute Gasteiger partial charge is 0.0690 e. The summed E-state index contributed by atoms with van der Waals surface area (Å²) in [5, 5.41) is 13.0. The fraction of sp³-hybridized carbons (Fsp3) is 0.667. The minimum absolute atomic E-state index is 0.240. The number of hydrogen-bond acceptors (Lipinski definition) is 2. The van der Waals surface area contributed by atoms with Crippen LogP contribution in [0.4, 0.5) is 0 Å². The standard InChI is InChI=1S/C12H22N2O/c1-4-10(2)12(15)9-13-8-11-6-5-7-14(11)3/h5-7,10,12-13,15H,4,8-9H2,1-3H3. The summed E-state index contributed by atoms with van der Waals surface area (Å²) in [6.07, 6.45) is 2.81. The Morgan fingerprint density at radius 2 is 2.27 bits per heavy atom. The maximum Gasteiger partial charge on any atom is 0.0690 e. The van der Waals surface area contributed by atoms with Crippen molar-refractivity contribution in [2.24, 2.45) is 13.0 Å². The minimum Gasteiger partial charge on any atom is -0.392 e. The summed E-state index contributed by atoms with van der Waals surface area (Å²) in [4.78, 5) is 0. The van der Waals surface area contributed by atoms with E-state index in [2.05, 4.69) is 29.8 Å². The van der Waals surface area contributed by atoms with Gasteiger partial charge in [-0.15, -0.1) is 0 Å². The zero-order chi connectivity index (χ0) is 11.3. The van der Waals surface area contributed by atoms with Crippen LogP contribution in [0.15, 0.2) is 18.3 Å². The second-order valence-electron chi connectivity index (χ2n) is 4.19. The summed E-state index contributed by atoms with van der Waals surface area (Å²) in [7, 11) is 2.03. The number of aryl methyl sites for hydroxylation is 1. The van der Waals surface area contributed by atoms with E-state index in [1.54, 1.807) is 0 Å². The second kappa shape index (κ2) is 5.93. The number of hydrogen-bond donors (Lipinski definition) is 2. The summed E-state index contributed by atoms with van der Waals surface area (Å²) in [6, 6.07) is 4.12. The predicted molar refractivity (Wildman–Crippen MR) is 62.6 cm³/mol. The molecule has 3 nitrogen and oxygen atoms in total. The summed E-state index contributed by atoms with van der Waals surface area (Å²) < 4.78 is 2.09. The van der Waals surface area contributed by atoms with Crippen LogP contribution < -0.4 is 5.32 Å². The second-order valence-corrected chi connectivity index (χ2v) is 4.19. The molecule has 0 saturated carbocycles. The van der Waals surface area contributed by atoms with Crippen LogP contribution in [0.1, 0.15) is 26.0 Å². The van der Waals surface area contributed by atoms with Crippen LogP contribution in [-0.4, -0.2) is 22.3 Å². The molecule has 0 bridgehead atoms. The number of nitrogens with one attached hydrogen (secondary N) is 1. The topological polar surface area (TPSA) is 37.2 Å². The first-order chi connectivity index (χ1) is 7.15. The molecule has 0 aromatic carbocycles. The molecule has 2 N–H and O–H groups in total. The van der Waals surface area contributed by atoms with Crippen molar-refractivity contribution in [1.82, 2.24) is 9.88 Å². The number of rotatable bonds is 6. The quantitative estimate of drug-likeness (QED) is 0.747. The zero-order valence-electron chi connectivity index (χ0n) is 9.90. The van der Waals surface area contributed by atoms with Gasteiger partial charge in [0.1, 0.15) is 0 Å². The van der Waals surface area contributed by atoms with E-state index >= 15 is 0 Å². The van der Waals surface area contributed by atoms with Crippen LogP contribution in [0.3, 0.4) is 0 Å². The first-order valence-electron chi connectivity index (χ1n) is 5.64. The van der Waals surface area contributed by atoms with Gasteiger partial charge in [0.05, 0.1) is 6.10 Å². The van der Waals surface area contributed by atoms with Gasteiger partial charge < -0.3 is 15.0 Å². The molecule has 0 aliphatic rings. The third-order valence-corrected chi connectivity index (χ3v) is 3.01. The van der Waals surface area contributed by atoms with Crippen LogP contribution in [-0.2, 0) is 13.6 Å². The number of aliphatic hydroxyl groups excluding tert-OH is 1. The Morgan fingerprint density at radius 1 is 1.53 bits per heavy atom. The molecule has 0 fully saturated rings. The van der Waals surface area contributed by atoms with Gasteiger partial charge in [-0.05, 0) is 18.1 Å². The fourth-order valence-corrected chi connectivity index (χ4v) is 1.50. The number of aromatic nitrogens is 1. The third-order valence-electron chi connectivity index (χ3n) is 3.01. The van der Waals surface area contributed by atoms with Gasteiger partial charge in [0.25, 0.3) is 0 Å². The summed E-state index contributed by atoms with van der Waals surface area (Å²) >= 11 is 0. The average molecular weight is 210 g/mol. The molecule has 0 aliphatic heterocycles. The van der Waals surface area contributed by atoms with Gasteiger partial charge in [-0.25, -0.2) is 0 Å². The molecule has 3 heteroatoms. The van der Waals surface area contributed by atoms with E-state index in [0.29, 0.717) is 12.5 Å². The lowest BCUT2D eigenvalue weighted by Crippen LogP contribution is -2.31. The van der Waals surface area contributed by atoms with Gasteiger partial charge in [0.15, 0.2) is 0 Å². The first kappa shape index (κ1) is 12.3. The minimum atomic E-state index is -0.240. The highest BCUT2D eigenvalue weighted by molar-refractivity contribution is 5.05. The zero-order valence-corrected chi connectivity index (χ0v) is 9.90. The molecule has 1 aromatic rings. The van der Waals surface area contributed by atoms with Crippen molar-refractivity contribution in [1.29, 1.82) is 0 Å². The van der Waals surface area contributed by atoms with E-state index in [1.165, 1.54) is 5.69 Å². The highest BCUT2D eigenvalue weighted by Gasteiger charge is 2.11. The van der Waals surface area contributed by atoms with Crippen LogP contribution >= 0.6 is 0 Å². The van der Waals surface area contributed by atoms with Gasteiger partial charge in [0, 0.05) is 32.0 Å². The highest BCUT2D eigenvalue weighted by atomic mass is 16.3. The molecule has 0 amide bonds. The molecule has 15 heavy (non-hydrogen) atoms. The first-order valence-corrected chi connectivity index (χ1v) is 5.64. The Bertz CT molecular complexity index is 283. The Labute approximate surface area is 92.1 Å². The average Bonchev–Trinajstić information content (AvgIpc) is 2.63. The van der Waals surface area contributed by atoms with Crippen molar-refractivity contribution in [3.63, 3.8) is 0 Å². The van der Waals surface area contributed by atoms with Crippen molar-refractivity contribution in [3.8, 4) is 0 Å². The van der Waals surface area contributed by atoms with Crippen LogP contribution in [0.25, 0.3) is 0 Å². The SMILES string of the molecule is CCC(C)C(O)CNCc1cccn1C. The van der Waals surface area contributed by atoms with E-state index in [1.807, 2.05) is 19.3 Å². The van der Waals surface area contributed by atoms with Gasteiger partial charge in [-0.2, -0.15) is 0 Å². The molecule has 2 atom stereocenters. The summed E-state index contributed by atoms with van der Waals surface area (Å²) in [5.41, 5.74) is 1.24. The molecular formula is C12H22N2O. The van der Waals surface area contributed by atoms with Crippen molar-refractivity contribution >= 4 is 0 Å². The molecule has 1 aromatic heterocycles. The maximum atomic E-state index is 9.75. The maximum absolute atomic E-state index is 9.75. The van der Waals surface area contributed by atoms with Crippen molar-refractivity contribution in [2.75, 3.05) is 6.54 Å². The molecular weight excluding hydrogens is 188 g/mol. The summed E-state index contributed by atoms with van der Waals surface area (Å²) in [6.45, 7) is 5.66. The molecule has 1 heterocycles. The molecule has 0 radical (unpaired) electrons. The molecule has 0 aliphatic carbocycles. The molecule has 2 unspecified atom stereocenters. The van der Waals surface area contributed by atoms with Crippen molar-refractivity contribution < 1.29 is 5.11 Å². The normalized spacial score (nSPS) is 15.2. The van der Waals surface area contributed by atoms with E-state index in [9.17, 15) is 5.11 Å². The van der Waals surface area contributed by atoms with Gasteiger partial charge in [-0.3, -0.25) is 0 Å². The largest absolute Gasteiger partial charge is 0.392 e. The lowest BCUT2D eigenvalue weighted by atomic mass is 10.0. The van der Waals surface area contributed by atoms with Crippen LogP contribution in [0, 0.1) is 5.92 Å². The lowest BCUT2D eigenvalue weighted by molar-refractivity contribution is 0.112. The monoisotopic (exact) mass is 210 g/mol. The third kappa shape index (κ3) is 3.68. The molecule has 86 valence electrons. The Kier molecular flexibility index (Phi) is 4.85. The van der Waals surface area contributed by atoms with Crippen molar-refractivity contribution in [2.45, 2.75) is 32.9 Å². The Balaban J connectivity index is 2.25. The van der Waals surface area contributed by atoms with E-state index in [4.69, 9.17) is 0 Å². The van der Waals surface area contributed by atoms with E-state index in [0.717, 1.165) is 13.0 Å². The Hall–Kier alpha value is -0.800. The van der Waals surface area contributed by atoms with Crippen LogP contribution in [0.5, 0.6) is 0 Å². The van der Waals surface area contributed by atoms with Crippen molar-refractivity contribution in [3.05, 3.63) is 24.0 Å². The van der Waals surface area contributed by atoms with Gasteiger partial charge >= 0.3 is 0 Å². The molecule has 0 saturated heterocycles. The van der Waals surface area contributed by atoms with Crippen LogP contribution in [0.2, 0.25) is 0 Å². The fourth-order valence-electron chi connectivity index (χ4n) is 1.50. The number of aliphatic hydroxyl groups is 1. The highest BCUT2D eigenvalue weighted by Crippen LogP contribution is 2.06. The predicted octanol–water partition coefficient (Wildman–Crippen LogP) is 1.52. The molecule has 1 rings (SSSR count). The number of nitrogens with zero attached hydrogens (tertiary/aromatic N) is 1. The lowest BCUT2D eigenvalue weighted by Gasteiger charge is -2.17. The Morgan fingerprint density at radius 3 is 2.80 bits per heavy atom. The molecule has 0 spiro atoms. The van der Waals surface area contributed by atoms with E-state index < -0.39 is 0 Å². The van der Waals surface area contributed by atoms with E-state index in [-0.39, 0.29) is 6.10 Å². The van der Waals surface area contributed by atoms with Gasteiger partial charge in [-0.1, -0.05) is 20.3 Å².